The van der Waals surface area contributed by atoms with E-state index in [0.717, 1.165) is 39.4 Å². The highest BCUT2D eigenvalue weighted by molar-refractivity contribution is 7.80. The summed E-state index contributed by atoms with van der Waals surface area (Å²) in [5.74, 6) is 0.445. The Morgan fingerprint density at radius 2 is 1.75 bits per heavy atom. The number of benzene rings is 2. The molecule has 5 heteroatoms. The Bertz CT molecular complexity index is 948. The fraction of sp³-hybridized carbons (Fsp3) is 0.261. The van der Waals surface area contributed by atoms with Crippen molar-refractivity contribution in [1.82, 2.24) is 5.32 Å². The van der Waals surface area contributed by atoms with E-state index in [9.17, 15) is 4.79 Å². The Labute approximate surface area is 171 Å². The molecule has 0 aliphatic carbocycles. The molecule has 3 rings (SSSR count). The molecule has 0 radical (unpaired) electrons. The summed E-state index contributed by atoms with van der Waals surface area (Å²) in [7, 11) is 1.42. The van der Waals surface area contributed by atoms with E-state index in [0.29, 0.717) is 5.57 Å². The summed E-state index contributed by atoms with van der Waals surface area (Å²) in [6.07, 6.45) is 0. The first-order chi connectivity index (χ1) is 13.5. The first-order valence-corrected chi connectivity index (χ1v) is 9.78. The molecule has 0 fully saturated rings. The molecule has 1 atom stereocenters. The lowest BCUT2D eigenvalue weighted by Crippen LogP contribution is -2.28. The van der Waals surface area contributed by atoms with Gasteiger partial charge < -0.3 is 14.8 Å². The maximum Gasteiger partial charge on any atom is 0.336 e. The number of methoxy groups -OCH3 is 1. The van der Waals surface area contributed by atoms with Crippen molar-refractivity contribution in [2.75, 3.05) is 13.0 Å². The number of rotatable bonds is 5. The number of carbonyl (C=O) groups excluding carboxylic acids is 1. The van der Waals surface area contributed by atoms with Crippen molar-refractivity contribution >= 4 is 18.6 Å². The zero-order valence-electron chi connectivity index (χ0n) is 16.6. The van der Waals surface area contributed by atoms with Gasteiger partial charge in [-0.15, -0.1) is 12.6 Å². The molecular formula is C23H25NO3S. The third kappa shape index (κ3) is 3.67. The number of dihydropyridines is 1. The molecule has 1 aliphatic rings. The zero-order valence-corrected chi connectivity index (χ0v) is 17.5. The molecule has 0 saturated carbocycles. The molecule has 0 amide bonds. The lowest BCUT2D eigenvalue weighted by molar-refractivity contribution is -0.136. The van der Waals surface area contributed by atoms with Crippen LogP contribution in [0.5, 0.6) is 5.75 Å². The molecule has 2 aromatic rings. The average Bonchev–Trinajstić information content (AvgIpc) is 2.70. The van der Waals surface area contributed by atoms with Crippen molar-refractivity contribution in [3.63, 3.8) is 0 Å². The van der Waals surface area contributed by atoms with E-state index in [2.05, 4.69) is 24.0 Å². The summed E-state index contributed by atoms with van der Waals surface area (Å²) in [6.45, 7) is 5.98. The molecule has 1 unspecified atom stereocenters. The maximum absolute atomic E-state index is 12.7. The first-order valence-electron chi connectivity index (χ1n) is 9.15. The smallest absolute Gasteiger partial charge is 0.336 e. The van der Waals surface area contributed by atoms with E-state index in [1.807, 2.05) is 63.2 Å². The second kappa shape index (κ2) is 8.57. The van der Waals surface area contributed by atoms with Gasteiger partial charge >= 0.3 is 5.97 Å². The fourth-order valence-electron chi connectivity index (χ4n) is 3.76. The zero-order chi connectivity index (χ0) is 20.3. The number of hydrogen-bond acceptors (Lipinski definition) is 5. The van der Waals surface area contributed by atoms with Gasteiger partial charge in [-0.3, -0.25) is 0 Å². The molecule has 1 N–H and O–H groups in total. The topological polar surface area (TPSA) is 47.6 Å². The molecule has 28 heavy (non-hydrogen) atoms. The Balaban J connectivity index is 2.31. The van der Waals surface area contributed by atoms with Gasteiger partial charge in [0.25, 0.3) is 0 Å². The van der Waals surface area contributed by atoms with E-state index in [1.54, 1.807) is 0 Å². The fourth-order valence-corrected chi connectivity index (χ4v) is 3.90. The summed E-state index contributed by atoms with van der Waals surface area (Å²) < 4.78 is 11.0. The van der Waals surface area contributed by atoms with Crippen LogP contribution in [0.1, 0.15) is 32.3 Å². The highest BCUT2D eigenvalue weighted by atomic mass is 32.1. The second-order valence-electron chi connectivity index (χ2n) is 6.76. The highest BCUT2D eigenvalue weighted by Gasteiger charge is 2.34. The van der Waals surface area contributed by atoms with Gasteiger partial charge in [0.2, 0.25) is 0 Å². The Morgan fingerprint density at radius 1 is 1.04 bits per heavy atom. The number of allylic oxidation sites excluding steroid dienone is 3. The van der Waals surface area contributed by atoms with E-state index < -0.39 is 0 Å². The molecule has 1 heterocycles. The molecule has 0 bridgehead atoms. The lowest BCUT2D eigenvalue weighted by Gasteiger charge is -2.31. The number of ether oxygens (including phenoxy) is 2. The number of esters is 1. The normalized spacial score (nSPS) is 16.7. The predicted molar refractivity (Wildman–Crippen MR) is 115 cm³/mol. The molecule has 0 spiro atoms. The molecule has 1 aliphatic heterocycles. The van der Waals surface area contributed by atoms with Crippen LogP contribution in [0.25, 0.3) is 11.1 Å². The summed E-state index contributed by atoms with van der Waals surface area (Å²) in [5.41, 5.74) is 6.53. The van der Waals surface area contributed by atoms with Crippen molar-refractivity contribution in [2.45, 2.75) is 26.7 Å². The third-order valence-corrected chi connectivity index (χ3v) is 5.28. The minimum Gasteiger partial charge on any atom is -0.483 e. The van der Waals surface area contributed by atoms with Crippen LogP contribution in [0.4, 0.5) is 0 Å². The molecular weight excluding hydrogens is 370 g/mol. The van der Waals surface area contributed by atoms with Crippen LogP contribution < -0.4 is 10.1 Å². The van der Waals surface area contributed by atoms with Gasteiger partial charge in [-0.2, -0.15) is 0 Å². The standard InChI is InChI=1S/C23H25NO3S/c1-14-15(2)24-16(3)21(23(25)26-4)20(14)18-11-8-12-19(27-13-28)22(18)17-9-6-5-7-10-17/h5-12,20,24,28H,13H2,1-4H3. The second-order valence-corrected chi connectivity index (χ2v) is 7.01. The minimum absolute atomic E-state index is 0.229. The van der Waals surface area contributed by atoms with Crippen LogP contribution in [0, 0.1) is 0 Å². The van der Waals surface area contributed by atoms with Gasteiger partial charge in [0.05, 0.1) is 12.7 Å². The highest BCUT2D eigenvalue weighted by Crippen LogP contribution is 2.45. The van der Waals surface area contributed by atoms with Gasteiger partial charge in [-0.25, -0.2) is 4.79 Å². The monoisotopic (exact) mass is 395 g/mol. The Hall–Kier alpha value is -2.66. The summed E-state index contributed by atoms with van der Waals surface area (Å²) in [6, 6.07) is 16.0. The third-order valence-electron chi connectivity index (χ3n) is 5.15. The Kier molecular flexibility index (Phi) is 6.15. The van der Waals surface area contributed by atoms with Crippen molar-refractivity contribution in [1.29, 1.82) is 0 Å². The number of nitrogens with one attached hydrogen (secondary N) is 1. The van der Waals surface area contributed by atoms with Crippen LogP contribution >= 0.6 is 12.6 Å². The van der Waals surface area contributed by atoms with Gasteiger partial charge in [0, 0.05) is 22.9 Å². The predicted octanol–water partition coefficient (Wildman–Crippen LogP) is 5.05. The summed E-state index contributed by atoms with van der Waals surface area (Å²) in [5, 5.41) is 3.31. The number of thiol groups is 1. The molecule has 146 valence electrons. The van der Waals surface area contributed by atoms with Crippen molar-refractivity contribution < 1.29 is 14.3 Å². The molecule has 0 aromatic heterocycles. The Morgan fingerprint density at radius 3 is 2.39 bits per heavy atom. The average molecular weight is 396 g/mol. The number of hydrogen-bond donors (Lipinski definition) is 2. The van der Waals surface area contributed by atoms with Crippen molar-refractivity contribution in [2.24, 2.45) is 0 Å². The van der Waals surface area contributed by atoms with Crippen molar-refractivity contribution in [3.05, 3.63) is 76.6 Å². The minimum atomic E-state index is -0.332. The summed E-state index contributed by atoms with van der Waals surface area (Å²) in [4.78, 5) is 12.7. The number of carbonyl (C=O) groups is 1. The quantitative estimate of drug-likeness (QED) is 0.423. The SMILES string of the molecule is COC(=O)C1=C(C)NC(C)=C(C)C1c1cccc(OCS)c1-c1ccccc1. The van der Waals surface area contributed by atoms with Gasteiger partial charge in [0.1, 0.15) is 11.7 Å². The summed E-state index contributed by atoms with van der Waals surface area (Å²) >= 11 is 4.24. The van der Waals surface area contributed by atoms with E-state index in [1.165, 1.54) is 7.11 Å². The lowest BCUT2D eigenvalue weighted by atomic mass is 9.78. The largest absolute Gasteiger partial charge is 0.483 e. The first kappa shape index (κ1) is 20.1. The van der Waals surface area contributed by atoms with E-state index in [4.69, 9.17) is 9.47 Å². The maximum atomic E-state index is 12.7. The van der Waals surface area contributed by atoms with Crippen LogP contribution in [0.2, 0.25) is 0 Å². The van der Waals surface area contributed by atoms with Gasteiger partial charge in [-0.1, -0.05) is 42.5 Å². The molecule has 2 aromatic carbocycles. The van der Waals surface area contributed by atoms with Crippen LogP contribution in [0.3, 0.4) is 0 Å². The van der Waals surface area contributed by atoms with E-state index in [-0.39, 0.29) is 17.8 Å². The van der Waals surface area contributed by atoms with Gasteiger partial charge in [0.15, 0.2) is 0 Å². The van der Waals surface area contributed by atoms with Crippen LogP contribution in [-0.4, -0.2) is 19.0 Å². The van der Waals surface area contributed by atoms with Crippen molar-refractivity contribution in [3.8, 4) is 16.9 Å². The molecule has 4 nitrogen and oxygen atoms in total. The molecule has 0 saturated heterocycles. The van der Waals surface area contributed by atoms with E-state index >= 15 is 0 Å². The van der Waals surface area contributed by atoms with Crippen LogP contribution in [0.15, 0.2) is 71.1 Å². The van der Waals surface area contributed by atoms with Crippen LogP contribution in [-0.2, 0) is 9.53 Å². The van der Waals surface area contributed by atoms with Gasteiger partial charge in [-0.05, 0) is 43.5 Å².